The molecule has 1 heterocycles. The van der Waals surface area contributed by atoms with Gasteiger partial charge >= 0.3 is 0 Å². The third-order valence-corrected chi connectivity index (χ3v) is 3.37. The number of aromatic nitrogens is 2. The molecular formula is C14H24N4O. The lowest BCUT2D eigenvalue weighted by Gasteiger charge is -2.17. The van der Waals surface area contributed by atoms with Gasteiger partial charge in [-0.05, 0) is 19.3 Å². The Morgan fingerprint density at radius 1 is 1.32 bits per heavy atom. The summed E-state index contributed by atoms with van der Waals surface area (Å²) >= 11 is 0. The van der Waals surface area contributed by atoms with Crippen LogP contribution in [0.3, 0.4) is 0 Å². The van der Waals surface area contributed by atoms with Crippen molar-refractivity contribution in [3.63, 3.8) is 0 Å². The lowest BCUT2D eigenvalue weighted by atomic mass is 10.2. The second-order valence-corrected chi connectivity index (χ2v) is 5.64. The van der Waals surface area contributed by atoms with Gasteiger partial charge in [0.2, 0.25) is 0 Å². The van der Waals surface area contributed by atoms with E-state index in [1.54, 1.807) is 0 Å². The van der Waals surface area contributed by atoms with Crippen LogP contribution in [0.15, 0.2) is 6.07 Å². The summed E-state index contributed by atoms with van der Waals surface area (Å²) < 4.78 is 0. The van der Waals surface area contributed by atoms with E-state index in [9.17, 15) is 5.11 Å². The van der Waals surface area contributed by atoms with Crippen molar-refractivity contribution < 1.29 is 5.11 Å². The summed E-state index contributed by atoms with van der Waals surface area (Å²) in [6.45, 7) is 7.36. The number of aliphatic hydroxyl groups is 1. The van der Waals surface area contributed by atoms with E-state index in [2.05, 4.69) is 41.4 Å². The molecule has 1 aliphatic carbocycles. The molecule has 1 saturated carbocycles. The van der Waals surface area contributed by atoms with Crippen molar-refractivity contribution in [3.8, 4) is 0 Å². The summed E-state index contributed by atoms with van der Waals surface area (Å²) in [6.07, 6.45) is 3.06. The molecule has 0 radical (unpaired) electrons. The summed E-state index contributed by atoms with van der Waals surface area (Å²) in [6, 6.07) is 1.93. The molecule has 0 amide bonds. The minimum absolute atomic E-state index is 0.148. The first-order chi connectivity index (χ1) is 9.08. The summed E-state index contributed by atoms with van der Waals surface area (Å²) in [5.74, 6) is 2.78. The van der Waals surface area contributed by atoms with Crippen LogP contribution < -0.4 is 10.6 Å². The van der Waals surface area contributed by atoms with E-state index in [0.717, 1.165) is 43.3 Å². The third kappa shape index (κ3) is 3.56. The van der Waals surface area contributed by atoms with Crippen LogP contribution in [-0.2, 0) is 0 Å². The van der Waals surface area contributed by atoms with E-state index < -0.39 is 0 Å². The summed E-state index contributed by atoms with van der Waals surface area (Å²) in [5, 5.41) is 16.0. The van der Waals surface area contributed by atoms with Crippen LogP contribution in [-0.4, -0.2) is 33.8 Å². The van der Waals surface area contributed by atoms with Gasteiger partial charge in [-0.2, -0.15) is 0 Å². The number of hydrogen-bond donors (Lipinski definition) is 3. The molecule has 106 valence electrons. The molecule has 5 heteroatoms. The first-order valence-electron chi connectivity index (χ1n) is 7.10. The molecule has 0 aliphatic heterocycles. The van der Waals surface area contributed by atoms with Crippen molar-refractivity contribution >= 4 is 11.6 Å². The molecular weight excluding hydrogens is 240 g/mol. The summed E-state index contributed by atoms with van der Waals surface area (Å²) in [7, 11) is 0. The fourth-order valence-corrected chi connectivity index (χ4v) is 1.88. The Morgan fingerprint density at radius 2 is 2.00 bits per heavy atom. The quantitative estimate of drug-likeness (QED) is 0.705. The van der Waals surface area contributed by atoms with Gasteiger partial charge in [-0.1, -0.05) is 20.8 Å². The highest BCUT2D eigenvalue weighted by atomic mass is 16.3. The largest absolute Gasteiger partial charge is 0.394 e. The molecule has 19 heavy (non-hydrogen) atoms. The van der Waals surface area contributed by atoms with Gasteiger partial charge in [0.15, 0.2) is 0 Å². The van der Waals surface area contributed by atoms with E-state index in [0.29, 0.717) is 0 Å². The molecule has 0 spiro atoms. The van der Waals surface area contributed by atoms with E-state index >= 15 is 0 Å². The highest BCUT2D eigenvalue weighted by molar-refractivity contribution is 5.50. The van der Waals surface area contributed by atoms with Crippen molar-refractivity contribution in [2.75, 3.05) is 23.8 Å². The minimum atomic E-state index is -0.148. The van der Waals surface area contributed by atoms with Gasteiger partial charge in [0.25, 0.3) is 0 Å². The molecule has 1 fully saturated rings. The van der Waals surface area contributed by atoms with Gasteiger partial charge in [-0.15, -0.1) is 0 Å². The van der Waals surface area contributed by atoms with E-state index in [1.807, 2.05) is 6.07 Å². The Morgan fingerprint density at radius 3 is 2.53 bits per heavy atom. The van der Waals surface area contributed by atoms with Crippen molar-refractivity contribution in [2.24, 2.45) is 0 Å². The topological polar surface area (TPSA) is 70.1 Å². The maximum Gasteiger partial charge on any atom is 0.135 e. The lowest BCUT2D eigenvalue weighted by molar-refractivity contribution is 0.266. The molecule has 1 aromatic heterocycles. The summed E-state index contributed by atoms with van der Waals surface area (Å²) in [4.78, 5) is 9.06. The van der Waals surface area contributed by atoms with E-state index in [1.165, 1.54) is 0 Å². The summed E-state index contributed by atoms with van der Waals surface area (Å²) in [5.41, 5.74) is -0.148. The number of anilines is 2. The smallest absolute Gasteiger partial charge is 0.135 e. The fourth-order valence-electron chi connectivity index (χ4n) is 1.88. The predicted octanol–water partition coefficient (Wildman–Crippen LogP) is 2.36. The average Bonchev–Trinajstić information content (AvgIpc) is 3.16. The van der Waals surface area contributed by atoms with Crippen LogP contribution >= 0.6 is 0 Å². The van der Waals surface area contributed by atoms with Crippen molar-refractivity contribution in [3.05, 3.63) is 11.9 Å². The van der Waals surface area contributed by atoms with Crippen LogP contribution in [0.2, 0.25) is 0 Å². The number of nitrogens with one attached hydrogen (secondary N) is 2. The highest BCUT2D eigenvalue weighted by Crippen LogP contribution is 2.38. The van der Waals surface area contributed by atoms with Crippen LogP contribution in [0.1, 0.15) is 51.8 Å². The van der Waals surface area contributed by atoms with Gasteiger partial charge in [0.05, 0.1) is 12.1 Å². The average molecular weight is 264 g/mol. The Bertz CT molecular complexity index is 429. The first kappa shape index (κ1) is 14.1. The van der Waals surface area contributed by atoms with Crippen LogP contribution in [0.4, 0.5) is 11.6 Å². The first-order valence-corrected chi connectivity index (χ1v) is 7.10. The van der Waals surface area contributed by atoms with Gasteiger partial charge in [-0.3, -0.25) is 0 Å². The zero-order chi connectivity index (χ0) is 13.9. The van der Waals surface area contributed by atoms with Gasteiger partial charge in [0, 0.05) is 18.5 Å². The van der Waals surface area contributed by atoms with Crippen molar-refractivity contribution in [2.45, 2.75) is 51.5 Å². The van der Waals surface area contributed by atoms with Crippen molar-refractivity contribution in [1.29, 1.82) is 0 Å². The maximum absolute atomic E-state index is 9.39. The van der Waals surface area contributed by atoms with Crippen LogP contribution in [0.25, 0.3) is 0 Å². The predicted molar refractivity (Wildman–Crippen MR) is 77.6 cm³/mol. The zero-order valence-electron chi connectivity index (χ0n) is 12.0. The van der Waals surface area contributed by atoms with Gasteiger partial charge in [0.1, 0.15) is 17.5 Å². The second-order valence-electron chi connectivity index (χ2n) is 5.64. The molecule has 3 N–H and O–H groups in total. The number of hydrogen-bond acceptors (Lipinski definition) is 5. The number of rotatable bonds is 7. The molecule has 0 atom stereocenters. The zero-order valence-corrected chi connectivity index (χ0v) is 12.0. The van der Waals surface area contributed by atoms with E-state index in [-0.39, 0.29) is 18.1 Å². The monoisotopic (exact) mass is 264 g/mol. The molecule has 0 aromatic carbocycles. The third-order valence-electron chi connectivity index (χ3n) is 3.37. The Labute approximate surface area is 114 Å². The van der Waals surface area contributed by atoms with Gasteiger partial charge in [-0.25, -0.2) is 9.97 Å². The molecule has 1 aliphatic rings. The SMILES string of the molecule is CCCNc1cc(NC2(CO)CC2)nc(C(C)C)n1. The molecule has 5 nitrogen and oxygen atoms in total. The molecule has 0 saturated heterocycles. The normalized spacial score (nSPS) is 16.5. The Balaban J connectivity index is 2.18. The molecule has 1 aromatic rings. The van der Waals surface area contributed by atoms with Crippen LogP contribution in [0.5, 0.6) is 0 Å². The lowest BCUT2D eigenvalue weighted by Crippen LogP contribution is -2.26. The Kier molecular flexibility index (Phi) is 4.24. The molecule has 0 bridgehead atoms. The number of aliphatic hydroxyl groups excluding tert-OH is 1. The standard InChI is InChI=1S/C14H24N4O/c1-4-7-15-11-8-12(17-13(16-11)10(2)3)18-14(9-19)5-6-14/h8,10,19H,4-7,9H2,1-3H3,(H2,15,16,17,18). The second kappa shape index (κ2) is 5.74. The van der Waals surface area contributed by atoms with Crippen molar-refractivity contribution in [1.82, 2.24) is 9.97 Å². The highest BCUT2D eigenvalue weighted by Gasteiger charge is 2.42. The molecule has 2 rings (SSSR count). The fraction of sp³-hybridized carbons (Fsp3) is 0.714. The molecule has 0 unspecified atom stereocenters. The Hall–Kier alpha value is -1.36. The number of nitrogens with zero attached hydrogens (tertiary/aromatic N) is 2. The maximum atomic E-state index is 9.39. The van der Waals surface area contributed by atoms with Crippen LogP contribution in [0, 0.1) is 0 Å². The minimum Gasteiger partial charge on any atom is -0.394 e. The van der Waals surface area contributed by atoms with Gasteiger partial charge < -0.3 is 15.7 Å². The van der Waals surface area contributed by atoms with E-state index in [4.69, 9.17) is 0 Å².